The molecule has 0 amide bonds. The molecule has 1 atom stereocenters. The van der Waals surface area contributed by atoms with Crippen molar-refractivity contribution in [1.29, 1.82) is 0 Å². The summed E-state index contributed by atoms with van der Waals surface area (Å²) in [6.45, 7) is 11.0. The molecule has 102 valence electrons. The van der Waals surface area contributed by atoms with E-state index in [4.69, 9.17) is 5.11 Å². The van der Waals surface area contributed by atoms with E-state index in [0.29, 0.717) is 5.92 Å². The highest BCUT2D eigenvalue weighted by molar-refractivity contribution is 5.38. The summed E-state index contributed by atoms with van der Waals surface area (Å²) < 4.78 is 0. The Morgan fingerprint density at radius 1 is 1.28 bits per heavy atom. The van der Waals surface area contributed by atoms with Crippen molar-refractivity contribution in [3.05, 3.63) is 23.9 Å². The highest BCUT2D eigenvalue weighted by atomic mass is 16.3. The van der Waals surface area contributed by atoms with Crippen LogP contribution in [0, 0.1) is 5.92 Å². The van der Waals surface area contributed by atoms with Gasteiger partial charge >= 0.3 is 0 Å². The molecule has 0 saturated carbocycles. The zero-order valence-electron chi connectivity index (χ0n) is 12.2. The molecule has 1 rings (SSSR count). The Morgan fingerprint density at radius 2 is 1.94 bits per heavy atom. The normalized spacial score (nSPS) is 13.7. The molecule has 0 aromatic carbocycles. The summed E-state index contributed by atoms with van der Waals surface area (Å²) >= 11 is 0. The van der Waals surface area contributed by atoms with Gasteiger partial charge in [0, 0.05) is 18.8 Å². The van der Waals surface area contributed by atoms with Crippen LogP contribution in [-0.2, 0) is 5.41 Å². The lowest BCUT2D eigenvalue weighted by Gasteiger charge is -2.23. The van der Waals surface area contributed by atoms with Gasteiger partial charge in [0.1, 0.15) is 5.82 Å². The Labute approximate surface area is 111 Å². The van der Waals surface area contributed by atoms with Crippen LogP contribution in [0.3, 0.4) is 0 Å². The van der Waals surface area contributed by atoms with Crippen LogP contribution in [-0.4, -0.2) is 22.7 Å². The van der Waals surface area contributed by atoms with Crippen molar-refractivity contribution in [2.75, 3.05) is 11.9 Å². The predicted molar refractivity (Wildman–Crippen MR) is 76.9 cm³/mol. The number of aliphatic hydroxyl groups is 1. The second-order valence-corrected chi connectivity index (χ2v) is 6.19. The number of hydrogen-bond donors (Lipinski definition) is 2. The number of hydrogen-bond acceptors (Lipinski definition) is 3. The largest absolute Gasteiger partial charge is 0.396 e. The van der Waals surface area contributed by atoms with Crippen LogP contribution >= 0.6 is 0 Å². The third-order valence-corrected chi connectivity index (χ3v) is 3.21. The van der Waals surface area contributed by atoms with Crippen LogP contribution in [0.25, 0.3) is 0 Å². The lowest BCUT2D eigenvalue weighted by Crippen LogP contribution is -2.27. The smallest absolute Gasteiger partial charge is 0.126 e. The van der Waals surface area contributed by atoms with Gasteiger partial charge in [0.05, 0.1) is 0 Å². The Hall–Kier alpha value is -1.09. The molecule has 0 radical (unpaired) electrons. The van der Waals surface area contributed by atoms with Crippen LogP contribution in [0.15, 0.2) is 18.3 Å². The predicted octanol–water partition coefficient (Wildman–Crippen LogP) is 3.20. The van der Waals surface area contributed by atoms with E-state index in [2.05, 4.69) is 51.0 Å². The van der Waals surface area contributed by atoms with Gasteiger partial charge in [-0.2, -0.15) is 0 Å². The Morgan fingerprint density at radius 3 is 2.33 bits per heavy atom. The standard InChI is InChI=1S/C15H26N2O/c1-11(2)13(8-9-18)17-14-7-6-12(10-16-14)15(3,4)5/h6-7,10-11,13,18H,8-9H2,1-5H3,(H,16,17). The second kappa shape index (κ2) is 6.19. The van der Waals surface area contributed by atoms with Gasteiger partial charge in [0.15, 0.2) is 0 Å². The Kier molecular flexibility index (Phi) is 5.15. The molecule has 0 fully saturated rings. The first kappa shape index (κ1) is 15.0. The van der Waals surface area contributed by atoms with E-state index in [1.807, 2.05) is 12.3 Å². The molecule has 0 spiro atoms. The molecule has 0 bridgehead atoms. The van der Waals surface area contributed by atoms with Crippen molar-refractivity contribution in [3.63, 3.8) is 0 Å². The van der Waals surface area contributed by atoms with Crippen molar-refractivity contribution in [2.45, 2.75) is 52.5 Å². The van der Waals surface area contributed by atoms with Crippen molar-refractivity contribution < 1.29 is 5.11 Å². The zero-order valence-corrected chi connectivity index (χ0v) is 12.2. The Bertz CT molecular complexity index is 352. The van der Waals surface area contributed by atoms with E-state index in [1.54, 1.807) is 0 Å². The SMILES string of the molecule is CC(C)C(CCO)Nc1ccc(C(C)(C)C)cn1. The third-order valence-electron chi connectivity index (χ3n) is 3.21. The van der Waals surface area contributed by atoms with Crippen molar-refractivity contribution in [2.24, 2.45) is 5.92 Å². The summed E-state index contributed by atoms with van der Waals surface area (Å²) in [6, 6.07) is 4.40. The number of aliphatic hydroxyl groups excluding tert-OH is 1. The van der Waals surface area contributed by atoms with E-state index in [1.165, 1.54) is 5.56 Å². The van der Waals surface area contributed by atoms with E-state index in [-0.39, 0.29) is 18.1 Å². The molecule has 1 heterocycles. The van der Waals surface area contributed by atoms with Crippen molar-refractivity contribution in [1.82, 2.24) is 4.98 Å². The molecule has 3 nitrogen and oxygen atoms in total. The van der Waals surface area contributed by atoms with E-state index in [9.17, 15) is 0 Å². The van der Waals surface area contributed by atoms with Gasteiger partial charge < -0.3 is 10.4 Å². The molecule has 1 aromatic rings. The number of nitrogens with one attached hydrogen (secondary N) is 1. The van der Waals surface area contributed by atoms with Gasteiger partial charge in [0.25, 0.3) is 0 Å². The third kappa shape index (κ3) is 4.30. The molecule has 0 aliphatic rings. The number of pyridine rings is 1. The molecule has 1 aromatic heterocycles. The van der Waals surface area contributed by atoms with Crippen LogP contribution in [0.1, 0.15) is 46.6 Å². The summed E-state index contributed by atoms with van der Waals surface area (Å²) in [5.74, 6) is 1.36. The van der Waals surface area contributed by atoms with Crippen LogP contribution in [0.4, 0.5) is 5.82 Å². The maximum absolute atomic E-state index is 9.05. The average Bonchev–Trinajstić information content (AvgIpc) is 2.28. The molecule has 1 unspecified atom stereocenters. The van der Waals surface area contributed by atoms with Crippen LogP contribution < -0.4 is 5.32 Å². The van der Waals surface area contributed by atoms with Crippen molar-refractivity contribution in [3.8, 4) is 0 Å². The van der Waals surface area contributed by atoms with E-state index in [0.717, 1.165) is 12.2 Å². The van der Waals surface area contributed by atoms with Gasteiger partial charge in [-0.25, -0.2) is 4.98 Å². The molecule has 0 aliphatic carbocycles. The minimum atomic E-state index is 0.133. The minimum Gasteiger partial charge on any atom is -0.396 e. The van der Waals surface area contributed by atoms with Crippen LogP contribution in [0.5, 0.6) is 0 Å². The summed E-state index contributed by atoms with van der Waals surface area (Å²) in [4.78, 5) is 4.46. The van der Waals surface area contributed by atoms with Gasteiger partial charge in [0.2, 0.25) is 0 Å². The molecular formula is C15H26N2O. The topological polar surface area (TPSA) is 45.1 Å². The molecule has 3 heteroatoms. The fraction of sp³-hybridized carbons (Fsp3) is 0.667. The lowest BCUT2D eigenvalue weighted by atomic mass is 9.88. The molecule has 18 heavy (non-hydrogen) atoms. The maximum atomic E-state index is 9.05. The second-order valence-electron chi connectivity index (χ2n) is 6.19. The zero-order chi connectivity index (χ0) is 13.8. The minimum absolute atomic E-state index is 0.133. The van der Waals surface area contributed by atoms with Gasteiger partial charge in [-0.3, -0.25) is 0 Å². The van der Waals surface area contributed by atoms with Gasteiger partial charge in [-0.1, -0.05) is 40.7 Å². The number of nitrogens with zero attached hydrogens (tertiary/aromatic N) is 1. The summed E-state index contributed by atoms with van der Waals surface area (Å²) in [5, 5.41) is 12.4. The number of rotatable bonds is 5. The lowest BCUT2D eigenvalue weighted by molar-refractivity contribution is 0.267. The maximum Gasteiger partial charge on any atom is 0.126 e. The fourth-order valence-electron chi connectivity index (χ4n) is 1.82. The first-order valence-corrected chi connectivity index (χ1v) is 6.68. The monoisotopic (exact) mass is 250 g/mol. The van der Waals surface area contributed by atoms with E-state index < -0.39 is 0 Å². The fourth-order valence-corrected chi connectivity index (χ4v) is 1.82. The molecular weight excluding hydrogens is 224 g/mol. The summed E-state index contributed by atoms with van der Waals surface area (Å²) in [5.41, 5.74) is 1.37. The molecule has 2 N–H and O–H groups in total. The first-order chi connectivity index (χ1) is 8.34. The summed E-state index contributed by atoms with van der Waals surface area (Å²) in [7, 11) is 0. The van der Waals surface area contributed by atoms with Crippen LogP contribution in [0.2, 0.25) is 0 Å². The van der Waals surface area contributed by atoms with E-state index >= 15 is 0 Å². The number of anilines is 1. The number of aromatic nitrogens is 1. The molecule has 0 aliphatic heterocycles. The average molecular weight is 250 g/mol. The van der Waals surface area contributed by atoms with Gasteiger partial charge in [-0.15, -0.1) is 0 Å². The molecule has 0 saturated heterocycles. The highest BCUT2D eigenvalue weighted by Gasteiger charge is 2.15. The quantitative estimate of drug-likeness (QED) is 0.843. The first-order valence-electron chi connectivity index (χ1n) is 6.68. The van der Waals surface area contributed by atoms with Crippen molar-refractivity contribution >= 4 is 5.82 Å². The van der Waals surface area contributed by atoms with Gasteiger partial charge in [-0.05, 0) is 29.4 Å². The Balaban J connectivity index is 2.73. The summed E-state index contributed by atoms with van der Waals surface area (Å²) in [6.07, 6.45) is 2.68. The highest BCUT2D eigenvalue weighted by Crippen LogP contribution is 2.22.